The van der Waals surface area contributed by atoms with Gasteiger partial charge in [0.25, 0.3) is 0 Å². The largest absolute Gasteiger partial charge is 0.259 e. The fourth-order valence-corrected chi connectivity index (χ4v) is 12.8. The molecule has 0 saturated heterocycles. The average molecular weight is 1980 g/mol. The van der Waals surface area contributed by atoms with Crippen LogP contribution in [-0.2, 0) is 0 Å². The average Bonchev–Trinajstić information content (AvgIpc) is 1.67. The molecule has 0 saturated carbocycles. The number of aryl methyl sites for hydroxylation is 24. The molecule has 0 aromatic carbocycles. The summed E-state index contributed by atoms with van der Waals surface area (Å²) in [6, 6.07) is 23.5. The summed E-state index contributed by atoms with van der Waals surface area (Å²) in [7, 11) is 0. The zero-order chi connectivity index (χ0) is 94.1. The predicted octanol–water partition coefficient (Wildman–Crippen LogP) is 19.6. The van der Waals surface area contributed by atoms with Crippen LogP contribution in [-0.4, -0.2) is 215 Å². The Hall–Kier alpha value is -17.1. The molecule has 24 heterocycles. The van der Waals surface area contributed by atoms with E-state index in [-0.39, 0.29) is 96.5 Å². The second-order valence-electron chi connectivity index (χ2n) is 30.1. The van der Waals surface area contributed by atoms with Gasteiger partial charge >= 0.3 is 0 Å². The van der Waals surface area contributed by atoms with E-state index in [1.165, 1.54) is 5.56 Å². The van der Waals surface area contributed by atoms with Crippen molar-refractivity contribution in [3.8, 4) is 0 Å². The summed E-state index contributed by atoms with van der Waals surface area (Å²) in [5.41, 5.74) is 21.0. The summed E-state index contributed by atoms with van der Waals surface area (Å²) >= 11 is 0. The molecule has 0 N–H and O–H groups in total. The van der Waals surface area contributed by atoms with Crippen LogP contribution in [0.1, 0.15) is 235 Å². The Bertz CT molecular complexity index is 6850. The van der Waals surface area contributed by atoms with Crippen molar-refractivity contribution in [2.45, 2.75) is 263 Å². The highest BCUT2D eigenvalue weighted by atomic mass is 15.4. The van der Waals surface area contributed by atoms with Gasteiger partial charge in [0.15, 0.2) is 67.8 Å². The second-order valence-corrected chi connectivity index (χ2v) is 30.1. The van der Waals surface area contributed by atoms with Crippen LogP contribution < -0.4 is 0 Å². The molecule has 44 nitrogen and oxygen atoms in total. The van der Waals surface area contributed by atoms with Gasteiger partial charge in [0.2, 0.25) is 0 Å². The first-order valence-corrected chi connectivity index (χ1v) is 41.6. The standard InChI is InChI=1S/C9H11N3.2C8H10N4.2C8H9N3.4C7H8N4.C7H7N3.2C6H6N4.13CH4/c1-6-4-5-7(2)12-9(6)10-8(3)11-12;1-5-4-9-6(2)8-10-7(3)11-12(5)8;1-5-4-9-7(3)12-8(5)10-6(2)11-12;1-6-4-3-5-11-8(6)9-7(2)10-11;1-6-4-3-5-8-9-7(2)10-11(6)8;1-5-3-8-4-11-7(5)9-6(2)10-11;1-5-3-8-4-7-9-6(2)10-11(5)7;1-5-7-9-6(2)10-11(7)4-3-8-5;1-5-9-7-3-4-8-6(2)11(7)10-5;1-6-8-7-4-2-3-5-10(7)9-6;1-5-8-6-4-7-2-3-10(6)9-5;1-5-8-6-2-3-7-4-10(6)9-5;;;;;;;;;;;;;/h4-5H,1-3H3;2*4H,1-3H3;2*3-5H,1-2H3;4*3-4H,1-2H3;2-5H,1H3;2*2-4H,1H3;13*1H4. The highest BCUT2D eigenvalue weighted by Crippen LogP contribution is 2.15. The van der Waals surface area contributed by atoms with Gasteiger partial charge in [-0.2, -0.15) is 60.0 Å². The van der Waals surface area contributed by atoms with Crippen LogP contribution in [0.15, 0.2) is 172 Å². The molecule has 0 aliphatic carbocycles. The van der Waals surface area contributed by atoms with Gasteiger partial charge in [0.1, 0.15) is 94.2 Å². The first-order valence-electron chi connectivity index (χ1n) is 41.6. The molecule has 776 valence electrons. The molecule has 0 aliphatic rings. The fraction of sp³-hybridized carbons (Fsp3) is 0.366. The SMILES string of the molecule is C.C.C.C.C.C.C.C.C.C.C.C.C.Cc1nc2c(C)ccc(C)n2n1.Cc1nc2c(C)cccn2n1.Cc1nc2c(C)cnc(C)n2n1.Cc1nc2c(C)cncn2n1.Cc1nc2c(C)ncc(C)n2n1.Cc1nc2c(C)nccn2n1.Cc1nc2cccc(C)n2n1.Cc1nc2ccccn2n1.Cc1nc2ccnc(C)n2n1.Cc1nc2ccncn2n1.Cc1nc2cncc(C)n2n1.Cc1nc2cnccn2n1. The monoisotopic (exact) mass is 1980 g/mol. The van der Waals surface area contributed by atoms with E-state index < -0.39 is 0 Å². The van der Waals surface area contributed by atoms with Gasteiger partial charge in [0, 0.05) is 109 Å². The van der Waals surface area contributed by atoms with E-state index in [1.807, 2.05) is 259 Å². The minimum Gasteiger partial charge on any atom is -0.259 e. The van der Waals surface area contributed by atoms with Gasteiger partial charge in [0.05, 0.1) is 35.2 Å². The molecule has 145 heavy (non-hydrogen) atoms. The van der Waals surface area contributed by atoms with Crippen LogP contribution >= 0.6 is 0 Å². The fourth-order valence-electron chi connectivity index (χ4n) is 12.8. The topological polar surface area (TPSA) is 465 Å². The first-order chi connectivity index (χ1) is 63.3. The van der Waals surface area contributed by atoms with Crippen LogP contribution in [0.4, 0.5) is 0 Å². The van der Waals surface area contributed by atoms with Gasteiger partial charge in [-0.15, -0.1) is 10.2 Å². The molecule has 0 spiro atoms. The van der Waals surface area contributed by atoms with Crippen LogP contribution in [0.25, 0.3) is 67.8 Å². The molecule has 0 unspecified atom stereocenters. The van der Waals surface area contributed by atoms with Crippen molar-refractivity contribution < 1.29 is 0 Å². The van der Waals surface area contributed by atoms with Crippen molar-refractivity contribution in [1.82, 2.24) is 215 Å². The third-order valence-corrected chi connectivity index (χ3v) is 18.9. The van der Waals surface area contributed by atoms with Gasteiger partial charge in [-0.25, -0.2) is 125 Å². The maximum Gasteiger partial charge on any atom is 0.177 e. The molecule has 0 radical (unpaired) electrons. The molecule has 0 aliphatic heterocycles. The number of aromatic nitrogens is 44. The predicted molar refractivity (Wildman–Crippen MR) is 579 cm³/mol. The molecular formula is C101H152N44. The number of nitrogens with zero attached hydrogens (tertiary/aromatic N) is 44. The summed E-state index contributed by atoms with van der Waals surface area (Å²) in [6.45, 7) is 46.2. The number of fused-ring (bicyclic) bond motifs is 12. The van der Waals surface area contributed by atoms with Crippen LogP contribution in [0, 0.1) is 166 Å². The lowest BCUT2D eigenvalue weighted by Crippen LogP contribution is -1.98. The van der Waals surface area contributed by atoms with Gasteiger partial charge in [-0.05, 0) is 214 Å². The minimum atomic E-state index is 0. The van der Waals surface area contributed by atoms with Gasteiger partial charge in [-0.1, -0.05) is 121 Å². The van der Waals surface area contributed by atoms with Crippen molar-refractivity contribution >= 4 is 67.8 Å². The van der Waals surface area contributed by atoms with Crippen molar-refractivity contribution in [3.63, 3.8) is 0 Å². The lowest BCUT2D eigenvalue weighted by atomic mass is 10.3. The Morgan fingerprint density at radius 2 is 0.572 bits per heavy atom. The third-order valence-electron chi connectivity index (χ3n) is 18.9. The van der Waals surface area contributed by atoms with Gasteiger partial charge in [-0.3, -0.25) is 19.9 Å². The second kappa shape index (κ2) is 57.6. The molecule has 24 aromatic heterocycles. The number of pyridine rings is 4. The van der Waals surface area contributed by atoms with E-state index in [4.69, 9.17) is 0 Å². The summed E-state index contributed by atoms with van der Waals surface area (Å²) in [6.07, 6.45) is 28.0. The van der Waals surface area contributed by atoms with E-state index in [9.17, 15) is 0 Å². The van der Waals surface area contributed by atoms with Crippen molar-refractivity contribution in [1.29, 1.82) is 0 Å². The van der Waals surface area contributed by atoms with E-state index >= 15 is 0 Å². The number of hydrogen-bond donors (Lipinski definition) is 0. The van der Waals surface area contributed by atoms with Crippen LogP contribution in [0.3, 0.4) is 0 Å². The zero-order valence-corrected chi connectivity index (χ0v) is 77.8. The Morgan fingerprint density at radius 1 is 0.179 bits per heavy atom. The number of rotatable bonds is 0. The molecule has 0 atom stereocenters. The third kappa shape index (κ3) is 32.5. The summed E-state index contributed by atoms with van der Waals surface area (Å²) < 4.78 is 21.1. The molecule has 24 aromatic rings. The van der Waals surface area contributed by atoms with Crippen molar-refractivity contribution in [2.75, 3.05) is 0 Å². The Kier molecular flexibility index (Phi) is 50.8. The van der Waals surface area contributed by atoms with Gasteiger partial charge < -0.3 is 0 Å². The molecular weight excluding hydrogens is 1830 g/mol. The van der Waals surface area contributed by atoms with Crippen LogP contribution in [0.5, 0.6) is 0 Å². The smallest absolute Gasteiger partial charge is 0.177 e. The minimum absolute atomic E-state index is 0. The quantitative estimate of drug-likeness (QED) is 0.136. The van der Waals surface area contributed by atoms with E-state index in [1.54, 1.807) is 121 Å². The molecule has 0 fully saturated rings. The zero-order valence-electron chi connectivity index (χ0n) is 77.8. The normalized spacial score (nSPS) is 9.77. The maximum absolute atomic E-state index is 4.33. The van der Waals surface area contributed by atoms with Crippen molar-refractivity contribution in [3.05, 3.63) is 310 Å². The lowest BCUT2D eigenvalue weighted by Gasteiger charge is -1.98. The van der Waals surface area contributed by atoms with Crippen molar-refractivity contribution in [2.24, 2.45) is 0 Å². The number of hydrogen-bond acceptors (Lipinski definition) is 32. The summed E-state index contributed by atoms with van der Waals surface area (Å²) in [5.74, 6) is 11.2. The Morgan fingerprint density at radius 3 is 1.12 bits per heavy atom. The van der Waals surface area contributed by atoms with E-state index in [2.05, 4.69) is 173 Å². The summed E-state index contributed by atoms with van der Waals surface area (Å²) in [4.78, 5) is 82.9. The van der Waals surface area contributed by atoms with E-state index in [0.717, 1.165) is 200 Å². The molecule has 0 bridgehead atoms. The Labute approximate surface area is 851 Å². The summed E-state index contributed by atoms with van der Waals surface area (Å²) in [5, 5.41) is 50.0. The Balaban J connectivity index is 0.00000155. The highest BCUT2D eigenvalue weighted by Gasteiger charge is 2.11. The van der Waals surface area contributed by atoms with Crippen LogP contribution in [0.2, 0.25) is 0 Å². The van der Waals surface area contributed by atoms with E-state index in [0.29, 0.717) is 0 Å². The molecule has 24 rings (SSSR count). The maximum atomic E-state index is 4.33. The molecule has 44 heteroatoms. The first kappa shape index (κ1) is 128. The highest BCUT2D eigenvalue weighted by molar-refractivity contribution is 5.50. The lowest BCUT2D eigenvalue weighted by molar-refractivity contribution is 0.843. The molecule has 0 amide bonds.